The van der Waals surface area contributed by atoms with Crippen molar-refractivity contribution in [3.63, 3.8) is 0 Å². The quantitative estimate of drug-likeness (QED) is 0.841. The van der Waals surface area contributed by atoms with Gasteiger partial charge in [-0.1, -0.05) is 20.8 Å². The highest BCUT2D eigenvalue weighted by Crippen LogP contribution is 2.14. The number of benzene rings is 1. The highest BCUT2D eigenvalue weighted by atomic mass is 16.2. The molecule has 0 aliphatic heterocycles. The van der Waals surface area contributed by atoms with Gasteiger partial charge < -0.3 is 10.6 Å². The van der Waals surface area contributed by atoms with Crippen LogP contribution in [0.4, 0.5) is 11.4 Å². The van der Waals surface area contributed by atoms with Crippen molar-refractivity contribution in [2.45, 2.75) is 33.6 Å². The smallest absolute Gasteiger partial charge is 0.226 e. The predicted octanol–water partition coefficient (Wildman–Crippen LogP) is 3.02. The first kappa shape index (κ1) is 14.2. The van der Waals surface area contributed by atoms with Gasteiger partial charge in [-0.2, -0.15) is 0 Å². The van der Waals surface area contributed by atoms with Gasteiger partial charge in [0.15, 0.2) is 0 Å². The van der Waals surface area contributed by atoms with Crippen LogP contribution >= 0.6 is 0 Å². The Morgan fingerprint density at radius 1 is 1.06 bits per heavy atom. The van der Waals surface area contributed by atoms with Gasteiger partial charge in [0.2, 0.25) is 11.8 Å². The fraction of sp³-hybridized carbons (Fsp3) is 0.429. The Hall–Kier alpha value is -1.84. The van der Waals surface area contributed by atoms with Gasteiger partial charge in [0.05, 0.1) is 0 Å². The Morgan fingerprint density at radius 2 is 1.56 bits per heavy atom. The van der Waals surface area contributed by atoms with Gasteiger partial charge in [-0.15, -0.1) is 0 Å². The first-order chi connectivity index (χ1) is 8.52. The van der Waals surface area contributed by atoms with Crippen molar-refractivity contribution in [3.05, 3.63) is 24.3 Å². The van der Waals surface area contributed by atoms with Crippen molar-refractivity contribution < 1.29 is 9.59 Å². The molecule has 0 aliphatic carbocycles. The number of amides is 2. The van der Waals surface area contributed by atoms with E-state index in [1.807, 2.05) is 20.8 Å². The molecule has 18 heavy (non-hydrogen) atoms. The second-order valence-electron chi connectivity index (χ2n) is 4.52. The van der Waals surface area contributed by atoms with Crippen molar-refractivity contribution in [2.75, 3.05) is 10.6 Å². The molecule has 2 amide bonds. The van der Waals surface area contributed by atoms with E-state index in [1.165, 1.54) is 0 Å². The van der Waals surface area contributed by atoms with E-state index in [-0.39, 0.29) is 17.7 Å². The van der Waals surface area contributed by atoms with Crippen molar-refractivity contribution in [1.29, 1.82) is 0 Å². The SMILES string of the molecule is CCCC(=O)Nc1ccc(NC(=O)C(C)C)cc1. The number of hydrogen-bond donors (Lipinski definition) is 2. The molecular formula is C14H20N2O2. The fourth-order valence-corrected chi connectivity index (χ4v) is 1.37. The average Bonchev–Trinajstić information content (AvgIpc) is 2.31. The Labute approximate surface area is 108 Å². The molecule has 0 fully saturated rings. The second-order valence-corrected chi connectivity index (χ2v) is 4.52. The molecule has 0 aliphatic rings. The van der Waals surface area contributed by atoms with E-state index in [1.54, 1.807) is 24.3 Å². The highest BCUT2D eigenvalue weighted by molar-refractivity contribution is 5.93. The Balaban J connectivity index is 2.57. The fourth-order valence-electron chi connectivity index (χ4n) is 1.37. The zero-order valence-corrected chi connectivity index (χ0v) is 11.1. The van der Waals surface area contributed by atoms with E-state index in [0.717, 1.165) is 17.8 Å². The zero-order valence-electron chi connectivity index (χ0n) is 11.1. The lowest BCUT2D eigenvalue weighted by atomic mass is 10.2. The number of carbonyl (C=O) groups is 2. The van der Waals surface area contributed by atoms with Gasteiger partial charge in [-0.3, -0.25) is 9.59 Å². The second kappa shape index (κ2) is 6.79. The van der Waals surface area contributed by atoms with Gasteiger partial charge >= 0.3 is 0 Å². The van der Waals surface area contributed by atoms with Crippen LogP contribution in [0.25, 0.3) is 0 Å². The summed E-state index contributed by atoms with van der Waals surface area (Å²) in [6.07, 6.45) is 1.35. The molecule has 0 aromatic heterocycles. The van der Waals surface area contributed by atoms with Crippen LogP contribution in [0.2, 0.25) is 0 Å². The zero-order chi connectivity index (χ0) is 13.5. The third kappa shape index (κ3) is 4.57. The topological polar surface area (TPSA) is 58.2 Å². The van der Waals surface area contributed by atoms with E-state index in [4.69, 9.17) is 0 Å². The Bertz CT molecular complexity index is 410. The predicted molar refractivity (Wildman–Crippen MR) is 73.4 cm³/mol. The number of nitrogens with one attached hydrogen (secondary N) is 2. The number of anilines is 2. The Morgan fingerprint density at radius 3 is 2.00 bits per heavy atom. The van der Waals surface area contributed by atoms with Crippen LogP contribution in [0.15, 0.2) is 24.3 Å². The minimum Gasteiger partial charge on any atom is -0.326 e. The van der Waals surface area contributed by atoms with Crippen LogP contribution in [-0.4, -0.2) is 11.8 Å². The van der Waals surface area contributed by atoms with Gasteiger partial charge in [-0.25, -0.2) is 0 Å². The molecule has 98 valence electrons. The molecule has 0 heterocycles. The van der Waals surface area contributed by atoms with Crippen LogP contribution in [0.3, 0.4) is 0 Å². The molecule has 0 bridgehead atoms. The molecule has 4 nitrogen and oxygen atoms in total. The highest BCUT2D eigenvalue weighted by Gasteiger charge is 2.07. The third-order valence-electron chi connectivity index (χ3n) is 2.44. The van der Waals surface area contributed by atoms with Crippen molar-refractivity contribution in [2.24, 2.45) is 5.92 Å². The summed E-state index contributed by atoms with van der Waals surface area (Å²) in [5, 5.41) is 5.59. The maximum absolute atomic E-state index is 11.5. The molecule has 0 saturated carbocycles. The maximum Gasteiger partial charge on any atom is 0.226 e. The van der Waals surface area contributed by atoms with Crippen LogP contribution < -0.4 is 10.6 Å². The van der Waals surface area contributed by atoms with Gasteiger partial charge in [-0.05, 0) is 30.7 Å². The number of hydrogen-bond acceptors (Lipinski definition) is 2. The summed E-state index contributed by atoms with van der Waals surface area (Å²) in [6.45, 7) is 5.65. The molecule has 4 heteroatoms. The molecule has 1 aromatic carbocycles. The van der Waals surface area contributed by atoms with E-state index in [0.29, 0.717) is 6.42 Å². The van der Waals surface area contributed by atoms with Crippen LogP contribution in [-0.2, 0) is 9.59 Å². The van der Waals surface area contributed by atoms with E-state index < -0.39 is 0 Å². The monoisotopic (exact) mass is 248 g/mol. The lowest BCUT2D eigenvalue weighted by Gasteiger charge is -2.09. The molecule has 0 saturated heterocycles. The lowest BCUT2D eigenvalue weighted by molar-refractivity contribution is -0.119. The summed E-state index contributed by atoms with van der Waals surface area (Å²) in [5.74, 6) is -0.0526. The summed E-state index contributed by atoms with van der Waals surface area (Å²) in [5.41, 5.74) is 1.48. The van der Waals surface area contributed by atoms with Crippen LogP contribution in [0, 0.1) is 5.92 Å². The average molecular weight is 248 g/mol. The van der Waals surface area contributed by atoms with E-state index >= 15 is 0 Å². The Kier molecular flexibility index (Phi) is 5.36. The van der Waals surface area contributed by atoms with Crippen molar-refractivity contribution in [1.82, 2.24) is 0 Å². The van der Waals surface area contributed by atoms with Crippen molar-refractivity contribution >= 4 is 23.2 Å². The van der Waals surface area contributed by atoms with Crippen LogP contribution in [0.1, 0.15) is 33.6 Å². The molecule has 0 radical (unpaired) electrons. The van der Waals surface area contributed by atoms with Gasteiger partial charge in [0.25, 0.3) is 0 Å². The standard InChI is InChI=1S/C14H20N2O2/c1-4-5-13(17)15-11-6-8-12(9-7-11)16-14(18)10(2)3/h6-10H,4-5H2,1-3H3,(H,15,17)(H,16,18). The first-order valence-corrected chi connectivity index (χ1v) is 6.23. The van der Waals surface area contributed by atoms with Gasteiger partial charge in [0, 0.05) is 23.7 Å². The summed E-state index contributed by atoms with van der Waals surface area (Å²) in [6, 6.07) is 7.12. The summed E-state index contributed by atoms with van der Waals surface area (Å²) in [4.78, 5) is 22.9. The molecule has 1 rings (SSSR count). The molecular weight excluding hydrogens is 228 g/mol. The lowest BCUT2D eigenvalue weighted by Crippen LogP contribution is -2.17. The first-order valence-electron chi connectivity index (χ1n) is 6.23. The summed E-state index contributed by atoms with van der Waals surface area (Å²) in [7, 11) is 0. The normalized spacial score (nSPS) is 10.2. The molecule has 1 aromatic rings. The summed E-state index contributed by atoms with van der Waals surface area (Å²) < 4.78 is 0. The molecule has 2 N–H and O–H groups in total. The third-order valence-corrected chi connectivity index (χ3v) is 2.44. The van der Waals surface area contributed by atoms with E-state index in [9.17, 15) is 9.59 Å². The molecule has 0 spiro atoms. The number of carbonyl (C=O) groups excluding carboxylic acids is 2. The summed E-state index contributed by atoms with van der Waals surface area (Å²) >= 11 is 0. The minimum atomic E-state index is -0.0473. The van der Waals surface area contributed by atoms with Crippen molar-refractivity contribution in [3.8, 4) is 0 Å². The number of rotatable bonds is 5. The van der Waals surface area contributed by atoms with Gasteiger partial charge in [0.1, 0.15) is 0 Å². The maximum atomic E-state index is 11.5. The molecule has 0 atom stereocenters. The minimum absolute atomic E-state index is 0.0106. The largest absolute Gasteiger partial charge is 0.326 e. The molecule has 0 unspecified atom stereocenters. The van der Waals surface area contributed by atoms with Crippen LogP contribution in [0.5, 0.6) is 0 Å². The van der Waals surface area contributed by atoms with E-state index in [2.05, 4.69) is 10.6 Å².